The van der Waals surface area contributed by atoms with Crippen molar-refractivity contribution in [2.75, 3.05) is 0 Å². The maximum atomic E-state index is 12.4. The molecule has 0 aromatic heterocycles. The van der Waals surface area contributed by atoms with Gasteiger partial charge in [0.15, 0.2) is 0 Å². The molecule has 0 saturated carbocycles. The maximum Gasteiger partial charge on any atom is 0.294 e. The Morgan fingerprint density at radius 1 is 1.25 bits per heavy atom. The Morgan fingerprint density at radius 2 is 1.83 bits per heavy atom. The number of rotatable bonds is 1. The summed E-state index contributed by atoms with van der Waals surface area (Å²) in [5, 5.41) is 8.74. The topological polar surface area (TPSA) is 74.6 Å². The minimum Gasteiger partial charge on any atom is -0.508 e. The van der Waals surface area contributed by atoms with Crippen LogP contribution in [0.4, 0.5) is 4.39 Å². The Bertz CT molecular complexity index is 378. The molecule has 66 valence electrons. The smallest absolute Gasteiger partial charge is 0.294 e. The molecule has 12 heavy (non-hydrogen) atoms. The van der Waals surface area contributed by atoms with Crippen LogP contribution in [0.5, 0.6) is 5.75 Å². The third kappa shape index (κ3) is 1.93. The lowest BCUT2D eigenvalue weighted by Gasteiger charge is -1.97. The average molecular weight is 192 g/mol. The third-order valence-electron chi connectivity index (χ3n) is 1.15. The number of hydrogen-bond donors (Lipinski definition) is 2. The standard InChI is InChI=1S/C6H5FO4S/c7-4-1-5(8)3-6(2-4)12(9,10)11/h1-3,8H,(H,9,10,11). The fourth-order valence-corrected chi connectivity index (χ4v) is 1.23. The molecule has 0 heterocycles. The number of benzene rings is 1. The predicted molar refractivity (Wildman–Crippen MR) is 37.9 cm³/mol. The van der Waals surface area contributed by atoms with Gasteiger partial charge in [0.2, 0.25) is 0 Å². The van der Waals surface area contributed by atoms with Crippen LogP contribution in [0.15, 0.2) is 23.1 Å². The van der Waals surface area contributed by atoms with Crippen LogP contribution in [0, 0.1) is 5.82 Å². The van der Waals surface area contributed by atoms with Gasteiger partial charge in [-0.2, -0.15) is 8.42 Å². The van der Waals surface area contributed by atoms with Crippen LogP contribution >= 0.6 is 0 Å². The molecule has 0 atom stereocenters. The van der Waals surface area contributed by atoms with Gasteiger partial charge in [-0.1, -0.05) is 0 Å². The van der Waals surface area contributed by atoms with E-state index < -0.39 is 26.6 Å². The summed E-state index contributed by atoms with van der Waals surface area (Å²) in [6, 6.07) is 2.09. The fourth-order valence-electron chi connectivity index (χ4n) is 0.697. The van der Waals surface area contributed by atoms with E-state index in [0.29, 0.717) is 6.07 Å². The zero-order chi connectivity index (χ0) is 9.35. The second-order valence-electron chi connectivity index (χ2n) is 2.12. The van der Waals surface area contributed by atoms with Crippen LogP contribution in [0.1, 0.15) is 0 Å². The summed E-state index contributed by atoms with van der Waals surface area (Å²) >= 11 is 0. The minimum absolute atomic E-state index is 0.553. The molecule has 1 aromatic rings. The summed E-state index contributed by atoms with van der Waals surface area (Å²) in [5.41, 5.74) is 0. The van der Waals surface area contributed by atoms with Crippen LogP contribution in [0.3, 0.4) is 0 Å². The molecule has 6 heteroatoms. The molecule has 0 unspecified atom stereocenters. The average Bonchev–Trinajstić information content (AvgIpc) is 1.82. The maximum absolute atomic E-state index is 12.4. The first kappa shape index (κ1) is 8.95. The van der Waals surface area contributed by atoms with Gasteiger partial charge in [0.25, 0.3) is 10.1 Å². The molecule has 0 aliphatic carbocycles. The van der Waals surface area contributed by atoms with Crippen molar-refractivity contribution in [2.45, 2.75) is 4.90 Å². The van der Waals surface area contributed by atoms with Gasteiger partial charge in [0, 0.05) is 12.1 Å². The van der Waals surface area contributed by atoms with Gasteiger partial charge < -0.3 is 5.11 Å². The van der Waals surface area contributed by atoms with Crippen molar-refractivity contribution in [2.24, 2.45) is 0 Å². The Morgan fingerprint density at radius 3 is 2.25 bits per heavy atom. The first-order chi connectivity index (χ1) is 5.39. The number of aromatic hydroxyl groups is 1. The van der Waals surface area contributed by atoms with Crippen molar-refractivity contribution in [1.82, 2.24) is 0 Å². The van der Waals surface area contributed by atoms with Crippen LogP contribution in [0.25, 0.3) is 0 Å². The van der Waals surface area contributed by atoms with Gasteiger partial charge in [0.1, 0.15) is 16.5 Å². The molecule has 0 bridgehead atoms. The molecule has 2 N–H and O–H groups in total. The van der Waals surface area contributed by atoms with E-state index in [2.05, 4.69) is 0 Å². The van der Waals surface area contributed by atoms with E-state index in [-0.39, 0.29) is 0 Å². The summed E-state index contributed by atoms with van der Waals surface area (Å²) in [6.07, 6.45) is 0. The van der Waals surface area contributed by atoms with E-state index >= 15 is 0 Å². The van der Waals surface area contributed by atoms with Gasteiger partial charge in [-0.3, -0.25) is 4.55 Å². The van der Waals surface area contributed by atoms with Crippen molar-refractivity contribution < 1.29 is 22.5 Å². The summed E-state index contributed by atoms with van der Waals surface area (Å²) in [7, 11) is -4.45. The van der Waals surface area contributed by atoms with Crippen molar-refractivity contribution in [3.05, 3.63) is 24.0 Å². The molecule has 0 radical (unpaired) electrons. The zero-order valence-corrected chi connectivity index (χ0v) is 6.55. The van der Waals surface area contributed by atoms with E-state index in [1.165, 1.54) is 0 Å². The van der Waals surface area contributed by atoms with Gasteiger partial charge in [-0.25, -0.2) is 4.39 Å². The largest absolute Gasteiger partial charge is 0.508 e. The molecular formula is C6H5FO4S. The molecule has 0 spiro atoms. The molecule has 0 amide bonds. The molecule has 0 aliphatic heterocycles. The zero-order valence-electron chi connectivity index (χ0n) is 5.73. The normalized spacial score (nSPS) is 11.5. The minimum atomic E-state index is -4.45. The van der Waals surface area contributed by atoms with Crippen LogP contribution < -0.4 is 0 Å². The van der Waals surface area contributed by atoms with E-state index in [0.717, 1.165) is 12.1 Å². The fraction of sp³-hybridized carbons (Fsp3) is 0. The van der Waals surface area contributed by atoms with E-state index in [1.807, 2.05) is 0 Å². The van der Waals surface area contributed by atoms with Crippen LogP contribution in [-0.4, -0.2) is 18.1 Å². The molecule has 1 rings (SSSR count). The lowest BCUT2D eigenvalue weighted by molar-refractivity contribution is 0.459. The van der Waals surface area contributed by atoms with E-state index in [1.54, 1.807) is 0 Å². The highest BCUT2D eigenvalue weighted by Gasteiger charge is 2.11. The highest BCUT2D eigenvalue weighted by molar-refractivity contribution is 7.85. The first-order valence-corrected chi connectivity index (χ1v) is 4.30. The summed E-state index contributed by atoms with van der Waals surface area (Å²) in [4.78, 5) is -0.667. The molecule has 1 aromatic carbocycles. The Balaban J connectivity index is 3.37. The van der Waals surface area contributed by atoms with Gasteiger partial charge in [-0.05, 0) is 6.07 Å². The quantitative estimate of drug-likeness (QED) is 0.644. The lowest BCUT2D eigenvalue weighted by Crippen LogP contribution is -1.98. The number of halogens is 1. The van der Waals surface area contributed by atoms with Crippen molar-refractivity contribution in [1.29, 1.82) is 0 Å². The van der Waals surface area contributed by atoms with E-state index in [9.17, 15) is 12.8 Å². The SMILES string of the molecule is O=S(=O)(O)c1cc(O)cc(F)c1. The van der Waals surface area contributed by atoms with E-state index in [4.69, 9.17) is 9.66 Å². The number of phenolic OH excluding ortho intramolecular Hbond substituents is 1. The second-order valence-corrected chi connectivity index (χ2v) is 3.54. The molecular weight excluding hydrogens is 187 g/mol. The molecule has 4 nitrogen and oxygen atoms in total. The Kier molecular flexibility index (Phi) is 2.03. The predicted octanol–water partition coefficient (Wildman–Crippen LogP) is 0.778. The van der Waals surface area contributed by atoms with Crippen molar-refractivity contribution in [3.8, 4) is 5.75 Å². The van der Waals surface area contributed by atoms with Gasteiger partial charge in [-0.15, -0.1) is 0 Å². The highest BCUT2D eigenvalue weighted by Crippen LogP contribution is 2.17. The number of phenols is 1. The molecule has 0 saturated heterocycles. The Hall–Kier alpha value is -1.14. The molecule has 0 aliphatic rings. The van der Waals surface area contributed by atoms with Crippen molar-refractivity contribution in [3.63, 3.8) is 0 Å². The monoisotopic (exact) mass is 192 g/mol. The van der Waals surface area contributed by atoms with Gasteiger partial charge >= 0.3 is 0 Å². The Labute approximate surface area is 68.0 Å². The lowest BCUT2D eigenvalue weighted by atomic mass is 10.3. The second kappa shape index (κ2) is 2.72. The van der Waals surface area contributed by atoms with Crippen molar-refractivity contribution >= 4 is 10.1 Å². The highest BCUT2D eigenvalue weighted by atomic mass is 32.2. The van der Waals surface area contributed by atoms with Crippen LogP contribution in [0.2, 0.25) is 0 Å². The first-order valence-electron chi connectivity index (χ1n) is 2.86. The summed E-state index contributed by atoms with van der Waals surface area (Å²) in [5.74, 6) is -1.48. The third-order valence-corrected chi connectivity index (χ3v) is 1.99. The summed E-state index contributed by atoms with van der Waals surface area (Å²) in [6.45, 7) is 0. The van der Waals surface area contributed by atoms with Gasteiger partial charge in [0.05, 0.1) is 0 Å². The molecule has 0 fully saturated rings. The van der Waals surface area contributed by atoms with Crippen LogP contribution in [-0.2, 0) is 10.1 Å². The number of hydrogen-bond acceptors (Lipinski definition) is 3. The summed E-state index contributed by atoms with van der Waals surface area (Å²) < 4.78 is 41.7.